The van der Waals surface area contributed by atoms with Crippen LogP contribution in [0, 0.1) is 0 Å². The highest BCUT2D eigenvalue weighted by Crippen LogP contribution is 2.45. The highest BCUT2D eigenvalue weighted by atomic mass is 15.2. The zero-order chi connectivity index (χ0) is 28.0. The number of rotatable bonds is 16. The van der Waals surface area contributed by atoms with Crippen molar-refractivity contribution < 1.29 is 0 Å². The molecule has 40 heavy (non-hydrogen) atoms. The van der Waals surface area contributed by atoms with E-state index in [0.29, 0.717) is 0 Å². The third-order valence-electron chi connectivity index (χ3n) is 8.36. The van der Waals surface area contributed by atoms with Gasteiger partial charge < -0.3 is 0 Å². The van der Waals surface area contributed by atoms with E-state index in [0.717, 1.165) is 6.42 Å². The third-order valence-corrected chi connectivity index (χ3v) is 8.36. The molecule has 0 amide bonds. The average Bonchev–Trinajstić information content (AvgIpc) is 3.00. The number of nitrogens with zero attached hydrogens (tertiary/aromatic N) is 1. The van der Waals surface area contributed by atoms with Crippen molar-refractivity contribution in [1.82, 2.24) is 4.90 Å². The zero-order valence-corrected chi connectivity index (χ0v) is 25.0. The van der Waals surface area contributed by atoms with E-state index in [2.05, 4.69) is 147 Å². The van der Waals surface area contributed by atoms with Gasteiger partial charge in [0.1, 0.15) is 0 Å². The second kappa shape index (κ2) is 15.6. The monoisotopic (exact) mass is 531 g/mol. The molecule has 0 aliphatic rings. The van der Waals surface area contributed by atoms with Crippen LogP contribution < -0.4 is 0 Å². The minimum atomic E-state index is -0.0467. The van der Waals surface area contributed by atoms with E-state index in [-0.39, 0.29) is 17.6 Å². The lowest BCUT2D eigenvalue weighted by atomic mass is 9.83. The maximum absolute atomic E-state index is 2.82. The highest BCUT2D eigenvalue weighted by molar-refractivity contribution is 5.38. The Morgan fingerprint density at radius 2 is 0.750 bits per heavy atom. The van der Waals surface area contributed by atoms with Gasteiger partial charge in [0.05, 0.1) is 12.1 Å². The maximum atomic E-state index is 2.82. The molecule has 4 rings (SSSR count). The van der Waals surface area contributed by atoms with Crippen LogP contribution in [-0.2, 0) is 0 Å². The molecule has 0 fully saturated rings. The molecular formula is C39H49N. The van der Waals surface area contributed by atoms with E-state index in [9.17, 15) is 0 Å². The predicted octanol–water partition coefficient (Wildman–Crippen LogP) is 11.2. The van der Waals surface area contributed by atoms with Crippen LogP contribution in [0.2, 0.25) is 0 Å². The predicted molar refractivity (Wildman–Crippen MR) is 173 cm³/mol. The summed E-state index contributed by atoms with van der Waals surface area (Å²) in [6.45, 7) is 7.25. The van der Waals surface area contributed by atoms with Crippen LogP contribution in [0.5, 0.6) is 0 Å². The summed E-state index contributed by atoms with van der Waals surface area (Å²) in [5.74, 6) is 0. The van der Waals surface area contributed by atoms with Gasteiger partial charge in [-0.05, 0) is 42.5 Å². The molecule has 210 valence electrons. The summed E-state index contributed by atoms with van der Waals surface area (Å²) in [6, 6.07) is 44.8. The lowest BCUT2D eigenvalue weighted by molar-refractivity contribution is 0.0434. The van der Waals surface area contributed by atoms with Gasteiger partial charge >= 0.3 is 0 Å². The molecule has 1 heteroatoms. The number of hydrogen-bond acceptors (Lipinski definition) is 1. The SMILES string of the molecule is CCCCCCCCCCC(C)(C)N(C(c1ccccc1)c1ccccc1)C(c1ccccc1)c1ccccc1. The molecule has 0 radical (unpaired) electrons. The van der Waals surface area contributed by atoms with Crippen molar-refractivity contribution in [2.75, 3.05) is 0 Å². The van der Waals surface area contributed by atoms with Gasteiger partial charge in [-0.2, -0.15) is 0 Å². The lowest BCUT2D eigenvalue weighted by Gasteiger charge is -2.49. The molecule has 0 N–H and O–H groups in total. The van der Waals surface area contributed by atoms with Crippen LogP contribution in [0.15, 0.2) is 121 Å². The topological polar surface area (TPSA) is 3.24 Å². The molecule has 1 nitrogen and oxygen atoms in total. The Bertz CT molecular complexity index is 1040. The molecule has 0 heterocycles. The van der Waals surface area contributed by atoms with E-state index < -0.39 is 0 Å². The smallest absolute Gasteiger partial charge is 0.0615 e. The van der Waals surface area contributed by atoms with Crippen LogP contribution >= 0.6 is 0 Å². The van der Waals surface area contributed by atoms with Crippen LogP contribution in [0.1, 0.15) is 113 Å². The van der Waals surface area contributed by atoms with Crippen molar-refractivity contribution in [1.29, 1.82) is 0 Å². The van der Waals surface area contributed by atoms with Crippen molar-refractivity contribution in [2.45, 2.75) is 96.2 Å². The van der Waals surface area contributed by atoms with E-state index >= 15 is 0 Å². The van der Waals surface area contributed by atoms with Crippen molar-refractivity contribution in [3.05, 3.63) is 144 Å². The molecule has 0 saturated carbocycles. The van der Waals surface area contributed by atoms with Crippen molar-refractivity contribution in [2.24, 2.45) is 0 Å². The summed E-state index contributed by atoms with van der Waals surface area (Å²) in [5.41, 5.74) is 5.32. The first kappa shape index (κ1) is 29.8. The van der Waals surface area contributed by atoms with Gasteiger partial charge in [0.15, 0.2) is 0 Å². The molecule has 0 aliphatic heterocycles. The molecule has 4 aromatic rings. The fourth-order valence-electron chi connectivity index (χ4n) is 6.24. The molecule has 0 unspecified atom stereocenters. The van der Waals surface area contributed by atoms with Crippen LogP contribution in [0.3, 0.4) is 0 Å². The van der Waals surface area contributed by atoms with Gasteiger partial charge in [-0.3, -0.25) is 4.90 Å². The van der Waals surface area contributed by atoms with E-state index in [1.165, 1.54) is 73.6 Å². The summed E-state index contributed by atoms with van der Waals surface area (Å²) in [7, 11) is 0. The van der Waals surface area contributed by atoms with E-state index in [4.69, 9.17) is 0 Å². The minimum absolute atomic E-state index is 0.0467. The number of unbranched alkanes of at least 4 members (excludes halogenated alkanes) is 7. The fraction of sp³-hybridized carbons (Fsp3) is 0.385. The zero-order valence-electron chi connectivity index (χ0n) is 25.0. The normalized spacial score (nSPS) is 11.9. The largest absolute Gasteiger partial charge is 0.276 e. The number of hydrogen-bond donors (Lipinski definition) is 0. The first-order valence-corrected chi connectivity index (χ1v) is 15.6. The first-order valence-electron chi connectivity index (χ1n) is 15.6. The van der Waals surface area contributed by atoms with Crippen molar-refractivity contribution >= 4 is 0 Å². The minimum Gasteiger partial charge on any atom is -0.276 e. The Morgan fingerprint density at radius 3 is 1.07 bits per heavy atom. The molecule has 0 bridgehead atoms. The lowest BCUT2D eigenvalue weighted by Crippen LogP contribution is -2.49. The molecule has 0 spiro atoms. The number of benzene rings is 4. The molecule has 0 saturated heterocycles. The second-order valence-electron chi connectivity index (χ2n) is 11.9. The molecule has 4 aromatic carbocycles. The van der Waals surface area contributed by atoms with Gasteiger partial charge in [0.25, 0.3) is 0 Å². The van der Waals surface area contributed by atoms with Gasteiger partial charge in [-0.1, -0.05) is 180 Å². The molecule has 0 atom stereocenters. The van der Waals surface area contributed by atoms with Crippen molar-refractivity contribution in [3.8, 4) is 0 Å². The Morgan fingerprint density at radius 1 is 0.450 bits per heavy atom. The third kappa shape index (κ3) is 8.18. The average molecular weight is 532 g/mol. The van der Waals surface area contributed by atoms with Crippen molar-refractivity contribution in [3.63, 3.8) is 0 Å². The van der Waals surface area contributed by atoms with Gasteiger partial charge in [-0.25, -0.2) is 0 Å². The second-order valence-corrected chi connectivity index (χ2v) is 11.9. The molecular weight excluding hydrogens is 482 g/mol. The van der Waals surface area contributed by atoms with E-state index in [1.807, 2.05) is 0 Å². The fourth-order valence-corrected chi connectivity index (χ4v) is 6.24. The van der Waals surface area contributed by atoms with Crippen LogP contribution in [0.25, 0.3) is 0 Å². The van der Waals surface area contributed by atoms with Gasteiger partial charge in [0, 0.05) is 5.54 Å². The van der Waals surface area contributed by atoms with Crippen LogP contribution in [0.4, 0.5) is 0 Å². The first-order chi connectivity index (χ1) is 19.6. The standard InChI is InChI=1S/C39H49N/c1-4-5-6-7-8-9-10-23-32-39(2,3)40(37(33-24-15-11-16-25-33)34-26-17-12-18-27-34)38(35-28-19-13-20-29-35)36-30-21-14-22-31-36/h11-22,24-31,37-38H,4-10,23,32H2,1-3H3. The van der Waals surface area contributed by atoms with Gasteiger partial charge in [-0.15, -0.1) is 0 Å². The summed E-state index contributed by atoms with van der Waals surface area (Å²) in [6.07, 6.45) is 11.9. The van der Waals surface area contributed by atoms with E-state index in [1.54, 1.807) is 0 Å². The Hall–Kier alpha value is -3.16. The Balaban J connectivity index is 1.74. The summed E-state index contributed by atoms with van der Waals surface area (Å²) >= 11 is 0. The van der Waals surface area contributed by atoms with Crippen LogP contribution in [-0.4, -0.2) is 10.4 Å². The summed E-state index contributed by atoms with van der Waals surface area (Å²) in [5, 5.41) is 0. The highest BCUT2D eigenvalue weighted by Gasteiger charge is 2.40. The van der Waals surface area contributed by atoms with Gasteiger partial charge in [0.2, 0.25) is 0 Å². The quantitative estimate of drug-likeness (QED) is 0.130. The summed E-state index contributed by atoms with van der Waals surface area (Å²) in [4.78, 5) is 2.82. The summed E-state index contributed by atoms with van der Waals surface area (Å²) < 4.78 is 0. The molecule has 0 aromatic heterocycles. The maximum Gasteiger partial charge on any atom is 0.0615 e. The Labute approximate surface area is 244 Å². The molecule has 0 aliphatic carbocycles. The Kier molecular flexibility index (Phi) is 11.6.